The Morgan fingerprint density at radius 2 is 1.53 bits per heavy atom. The molecule has 98 valence electrons. The van der Waals surface area contributed by atoms with Crippen LogP contribution in [0.25, 0.3) is 10.8 Å². The maximum Gasteiger partial charge on any atom is 0.647 e. The number of rotatable bonds is 1. The van der Waals surface area contributed by atoms with Gasteiger partial charge in [0, 0.05) is 10.8 Å². The Morgan fingerprint density at radius 1 is 0.947 bits per heavy atom. The summed E-state index contributed by atoms with van der Waals surface area (Å²) < 4.78 is 59.3. The van der Waals surface area contributed by atoms with Gasteiger partial charge in [0.2, 0.25) is 11.5 Å². The van der Waals surface area contributed by atoms with Crippen LogP contribution in [0.2, 0.25) is 0 Å². The minimum absolute atomic E-state index is 0.0466. The first kappa shape index (κ1) is 11.1. The lowest BCUT2D eigenvalue weighted by molar-refractivity contribution is 0.352. The maximum absolute atomic E-state index is 11.9. The molecule has 0 saturated carbocycles. The second kappa shape index (κ2) is 3.04. The molecule has 2 aromatic carbocycles. The number of phosphoric ester groups is 1. The van der Waals surface area contributed by atoms with Gasteiger partial charge in [0.1, 0.15) is 4.90 Å². The Morgan fingerprint density at radius 3 is 2.16 bits per heavy atom. The molecule has 0 aliphatic carbocycles. The lowest BCUT2D eigenvalue weighted by atomic mass is 10.1. The molecule has 1 unspecified atom stereocenters. The molecule has 0 amide bonds. The molecule has 19 heavy (non-hydrogen) atoms. The molecule has 7 nitrogen and oxygen atoms in total. The second-order valence-electron chi connectivity index (χ2n) is 4.06. The van der Waals surface area contributed by atoms with E-state index in [-0.39, 0.29) is 22.6 Å². The van der Waals surface area contributed by atoms with Crippen LogP contribution in [0.4, 0.5) is 0 Å². The van der Waals surface area contributed by atoms with Gasteiger partial charge >= 0.3 is 7.82 Å². The SMILES string of the molecule is O=P12Oc3c(c(S(=O)(=O)O)c4ccccc4c3O1)O2. The topological polar surface area (TPSA) is 99.1 Å². The van der Waals surface area contributed by atoms with Crippen LogP contribution in [0.3, 0.4) is 0 Å². The minimum atomic E-state index is -4.56. The van der Waals surface area contributed by atoms with E-state index in [2.05, 4.69) is 0 Å². The third kappa shape index (κ3) is 1.30. The van der Waals surface area contributed by atoms with E-state index in [1.807, 2.05) is 0 Å². The van der Waals surface area contributed by atoms with Crippen molar-refractivity contribution in [1.29, 1.82) is 0 Å². The van der Waals surface area contributed by atoms with Crippen LogP contribution in [0.5, 0.6) is 17.2 Å². The van der Waals surface area contributed by atoms with Crippen LogP contribution in [0.15, 0.2) is 29.2 Å². The molecule has 2 heterocycles. The summed E-state index contributed by atoms with van der Waals surface area (Å²) in [6.07, 6.45) is 0. The number of hydrogen-bond acceptors (Lipinski definition) is 6. The van der Waals surface area contributed by atoms with Gasteiger partial charge in [0.15, 0.2) is 5.75 Å². The van der Waals surface area contributed by atoms with Crippen LogP contribution in [0, 0.1) is 0 Å². The first-order valence-corrected chi connectivity index (χ1v) is 8.04. The van der Waals surface area contributed by atoms with E-state index in [0.29, 0.717) is 5.39 Å². The molecule has 9 heteroatoms. The van der Waals surface area contributed by atoms with Crippen molar-refractivity contribution in [2.24, 2.45) is 0 Å². The number of fused-ring (bicyclic) bond motifs is 3. The average Bonchev–Trinajstić information content (AvgIpc) is 2.80. The monoisotopic (exact) mass is 300 g/mol. The fourth-order valence-electron chi connectivity index (χ4n) is 2.23. The Balaban J connectivity index is 2.29. The van der Waals surface area contributed by atoms with Gasteiger partial charge in [0.25, 0.3) is 10.1 Å². The van der Waals surface area contributed by atoms with Crippen LogP contribution in [-0.4, -0.2) is 13.0 Å². The fourth-order valence-corrected chi connectivity index (χ4v) is 4.42. The average molecular weight is 300 g/mol. The second-order valence-corrected chi connectivity index (χ2v) is 6.86. The van der Waals surface area contributed by atoms with Crippen molar-refractivity contribution >= 4 is 28.7 Å². The van der Waals surface area contributed by atoms with E-state index in [9.17, 15) is 17.5 Å². The van der Waals surface area contributed by atoms with Gasteiger partial charge in [-0.3, -0.25) is 4.55 Å². The molecule has 1 atom stereocenters. The summed E-state index contributed by atoms with van der Waals surface area (Å²) in [4.78, 5) is -0.456. The maximum atomic E-state index is 11.9. The molecule has 2 aliphatic heterocycles. The largest absolute Gasteiger partial charge is 0.647 e. The highest BCUT2D eigenvalue weighted by Crippen LogP contribution is 2.71. The van der Waals surface area contributed by atoms with Gasteiger partial charge in [-0.15, -0.1) is 0 Å². The van der Waals surface area contributed by atoms with Gasteiger partial charge in [0.05, 0.1) is 0 Å². The van der Waals surface area contributed by atoms with Crippen molar-refractivity contribution in [3.63, 3.8) is 0 Å². The molecule has 0 fully saturated rings. The van der Waals surface area contributed by atoms with Crippen LogP contribution in [0.1, 0.15) is 0 Å². The molecular formula is C10H5O7PS. The minimum Gasteiger partial charge on any atom is -0.381 e. The summed E-state index contributed by atoms with van der Waals surface area (Å²) in [6, 6.07) is 6.33. The molecule has 4 rings (SSSR count). The highest BCUT2D eigenvalue weighted by Gasteiger charge is 2.53. The van der Waals surface area contributed by atoms with Crippen molar-refractivity contribution in [2.75, 3.05) is 0 Å². The summed E-state index contributed by atoms with van der Waals surface area (Å²) >= 11 is 0. The summed E-state index contributed by atoms with van der Waals surface area (Å²) in [5, 5.41) is 0.602. The molecule has 2 aromatic rings. The first-order valence-electron chi connectivity index (χ1n) is 5.14. The number of phosphoric acid groups is 1. The number of hydrogen-bond donors (Lipinski definition) is 1. The summed E-state index contributed by atoms with van der Waals surface area (Å²) in [5.74, 6) is -0.131. The normalized spacial score (nSPS) is 23.0. The van der Waals surface area contributed by atoms with E-state index >= 15 is 0 Å². The van der Waals surface area contributed by atoms with E-state index < -0.39 is 22.8 Å². The zero-order valence-corrected chi connectivity index (χ0v) is 10.8. The Kier molecular flexibility index (Phi) is 1.77. The zero-order chi connectivity index (χ0) is 13.4. The summed E-state index contributed by atoms with van der Waals surface area (Å²) in [7, 11) is -8.38. The van der Waals surface area contributed by atoms with E-state index in [1.54, 1.807) is 18.2 Å². The summed E-state index contributed by atoms with van der Waals surface area (Å²) in [6.45, 7) is 0. The lowest BCUT2D eigenvalue weighted by Gasteiger charge is -2.15. The van der Waals surface area contributed by atoms with Gasteiger partial charge in [-0.1, -0.05) is 24.3 Å². The van der Waals surface area contributed by atoms with Crippen molar-refractivity contribution in [2.45, 2.75) is 4.90 Å². The first-order chi connectivity index (χ1) is 8.89. The zero-order valence-electron chi connectivity index (χ0n) is 9.06. The van der Waals surface area contributed by atoms with E-state index in [4.69, 9.17) is 13.6 Å². The fraction of sp³-hybridized carbons (Fsp3) is 0. The molecule has 2 bridgehead atoms. The Labute approximate surface area is 107 Å². The molecule has 2 aliphatic rings. The molecular weight excluding hydrogens is 295 g/mol. The highest BCUT2D eigenvalue weighted by molar-refractivity contribution is 7.86. The van der Waals surface area contributed by atoms with Gasteiger partial charge in [-0.05, 0) is 0 Å². The molecule has 0 radical (unpaired) electrons. The lowest BCUT2D eigenvalue weighted by Crippen LogP contribution is -2.05. The smallest absolute Gasteiger partial charge is 0.381 e. The van der Waals surface area contributed by atoms with Crippen LogP contribution < -0.4 is 13.6 Å². The van der Waals surface area contributed by atoms with Crippen molar-refractivity contribution in [3.05, 3.63) is 24.3 Å². The van der Waals surface area contributed by atoms with E-state index in [0.717, 1.165) is 0 Å². The number of benzene rings is 2. The van der Waals surface area contributed by atoms with Crippen molar-refractivity contribution < 1.29 is 31.1 Å². The standard InChI is InChI=1S/C10H5O7PS/c11-18-15-7-5-3-1-2-4-6(5)10(19(12,13)14)9(17-18)8(7)16-18/h1-4H,(H,12,13,14). The molecule has 1 N–H and O–H groups in total. The van der Waals surface area contributed by atoms with Gasteiger partial charge < -0.3 is 13.6 Å². The molecule has 0 spiro atoms. The Bertz CT molecular complexity index is 902. The molecule has 0 saturated heterocycles. The van der Waals surface area contributed by atoms with Gasteiger partial charge in [-0.2, -0.15) is 13.0 Å². The van der Waals surface area contributed by atoms with Crippen molar-refractivity contribution in [1.82, 2.24) is 0 Å². The van der Waals surface area contributed by atoms with Crippen LogP contribution >= 0.6 is 7.82 Å². The van der Waals surface area contributed by atoms with E-state index in [1.165, 1.54) is 6.07 Å². The predicted octanol–water partition coefficient (Wildman–Crippen LogP) is 2.36. The molecule has 0 aromatic heterocycles. The highest BCUT2D eigenvalue weighted by atomic mass is 32.2. The quantitative estimate of drug-likeness (QED) is 0.637. The summed E-state index contributed by atoms with van der Waals surface area (Å²) in [5.41, 5.74) is 0. The third-order valence-electron chi connectivity index (χ3n) is 2.90. The van der Waals surface area contributed by atoms with Crippen LogP contribution in [-0.2, 0) is 14.7 Å². The third-order valence-corrected chi connectivity index (χ3v) is 5.04. The Hall–Kier alpha value is -1.76. The predicted molar refractivity (Wildman–Crippen MR) is 63.3 cm³/mol. The van der Waals surface area contributed by atoms with Gasteiger partial charge in [-0.25, -0.2) is 0 Å². The van der Waals surface area contributed by atoms with Crippen molar-refractivity contribution in [3.8, 4) is 17.2 Å².